The van der Waals surface area contributed by atoms with Gasteiger partial charge in [0.2, 0.25) is 0 Å². The molecule has 138 valence electrons. The van der Waals surface area contributed by atoms with Crippen LogP contribution in [0.15, 0.2) is 47.5 Å². The van der Waals surface area contributed by atoms with Crippen LogP contribution in [-0.2, 0) is 19.5 Å². The zero-order valence-corrected chi connectivity index (χ0v) is 17.4. The molecular formula is C20H24FIN4. The molecule has 0 saturated heterocycles. The Morgan fingerprint density at radius 3 is 2.42 bits per heavy atom. The number of rotatable bonds is 6. The normalized spacial score (nSPS) is 10.6. The van der Waals surface area contributed by atoms with Crippen LogP contribution < -0.4 is 10.6 Å². The molecule has 0 atom stereocenters. The number of nitrogens with zero attached hydrogens (tertiary/aromatic N) is 2. The highest BCUT2D eigenvalue weighted by molar-refractivity contribution is 14.0. The van der Waals surface area contributed by atoms with Crippen LogP contribution in [0.25, 0.3) is 0 Å². The van der Waals surface area contributed by atoms with E-state index in [1.54, 1.807) is 12.1 Å². The topological polar surface area (TPSA) is 60.2 Å². The van der Waals surface area contributed by atoms with Crippen molar-refractivity contribution in [2.24, 2.45) is 4.99 Å². The summed E-state index contributed by atoms with van der Waals surface area (Å²) in [5, 5.41) is 15.1. The summed E-state index contributed by atoms with van der Waals surface area (Å²) in [6, 6.07) is 14.6. The Labute approximate surface area is 171 Å². The van der Waals surface area contributed by atoms with Crippen molar-refractivity contribution in [2.45, 2.75) is 33.4 Å². The third-order valence-corrected chi connectivity index (χ3v) is 3.88. The van der Waals surface area contributed by atoms with Crippen molar-refractivity contribution in [3.63, 3.8) is 0 Å². The summed E-state index contributed by atoms with van der Waals surface area (Å²) in [6.07, 6.45) is 0.964. The third kappa shape index (κ3) is 6.30. The van der Waals surface area contributed by atoms with E-state index in [2.05, 4.69) is 34.7 Å². The van der Waals surface area contributed by atoms with E-state index < -0.39 is 5.82 Å². The molecule has 0 fully saturated rings. The monoisotopic (exact) mass is 466 g/mol. The number of hydrogen-bond acceptors (Lipinski definition) is 2. The first-order valence-electron chi connectivity index (χ1n) is 8.45. The Balaban J connectivity index is 0.00000338. The molecule has 4 nitrogen and oxygen atoms in total. The minimum Gasteiger partial charge on any atom is -0.357 e. The second-order valence-corrected chi connectivity index (χ2v) is 5.59. The Kier molecular flexibility index (Phi) is 9.66. The van der Waals surface area contributed by atoms with E-state index in [1.165, 1.54) is 17.2 Å². The summed E-state index contributed by atoms with van der Waals surface area (Å²) >= 11 is 0. The minimum atomic E-state index is -0.390. The molecule has 2 N–H and O–H groups in total. The van der Waals surface area contributed by atoms with Crippen molar-refractivity contribution in [1.29, 1.82) is 5.26 Å². The molecule has 0 saturated carbocycles. The van der Waals surface area contributed by atoms with E-state index in [4.69, 9.17) is 5.26 Å². The van der Waals surface area contributed by atoms with Crippen molar-refractivity contribution < 1.29 is 4.39 Å². The van der Waals surface area contributed by atoms with Crippen LogP contribution in [0.4, 0.5) is 4.39 Å². The highest BCUT2D eigenvalue weighted by Crippen LogP contribution is 2.11. The fourth-order valence-electron chi connectivity index (χ4n) is 2.50. The summed E-state index contributed by atoms with van der Waals surface area (Å²) in [5.74, 6) is 0.246. The maximum Gasteiger partial charge on any atom is 0.191 e. The summed E-state index contributed by atoms with van der Waals surface area (Å²) in [7, 11) is 0. The van der Waals surface area contributed by atoms with Gasteiger partial charge in [-0.25, -0.2) is 9.38 Å². The molecule has 2 rings (SSSR count). The van der Waals surface area contributed by atoms with Gasteiger partial charge >= 0.3 is 0 Å². The first-order valence-corrected chi connectivity index (χ1v) is 8.45. The Morgan fingerprint density at radius 1 is 1.08 bits per heavy atom. The Bertz CT molecular complexity index is 784. The van der Waals surface area contributed by atoms with Crippen molar-refractivity contribution in [2.75, 3.05) is 6.54 Å². The molecule has 0 aliphatic rings. The number of nitrogens with one attached hydrogen (secondary N) is 2. The van der Waals surface area contributed by atoms with Gasteiger partial charge in [-0.15, -0.1) is 24.0 Å². The minimum absolute atomic E-state index is 0. The van der Waals surface area contributed by atoms with E-state index in [0.29, 0.717) is 30.2 Å². The SMILES string of the molecule is CCNC(=NCc1ccccc1CC)NCc1ccc(C#N)cc1F.I. The number of nitriles is 1. The van der Waals surface area contributed by atoms with Gasteiger partial charge in [0, 0.05) is 18.7 Å². The van der Waals surface area contributed by atoms with Crippen LogP contribution in [0.3, 0.4) is 0 Å². The first-order chi connectivity index (χ1) is 12.2. The summed E-state index contributed by atoms with van der Waals surface area (Å²) in [6.45, 7) is 5.70. The summed E-state index contributed by atoms with van der Waals surface area (Å²) in [5.41, 5.74) is 3.28. The number of guanidine groups is 1. The molecule has 0 aromatic heterocycles. The number of halogens is 2. The van der Waals surface area contributed by atoms with E-state index in [-0.39, 0.29) is 24.0 Å². The lowest BCUT2D eigenvalue weighted by atomic mass is 10.1. The third-order valence-electron chi connectivity index (χ3n) is 3.88. The number of aliphatic imine (C=N–C) groups is 1. The molecule has 0 heterocycles. The van der Waals surface area contributed by atoms with Gasteiger partial charge < -0.3 is 10.6 Å². The van der Waals surface area contributed by atoms with E-state index in [0.717, 1.165) is 13.0 Å². The maximum atomic E-state index is 14.0. The van der Waals surface area contributed by atoms with Crippen LogP contribution in [0.1, 0.15) is 36.1 Å². The van der Waals surface area contributed by atoms with Gasteiger partial charge in [0.25, 0.3) is 0 Å². The quantitative estimate of drug-likeness (QED) is 0.383. The van der Waals surface area contributed by atoms with E-state index in [1.807, 2.05) is 25.1 Å². The highest BCUT2D eigenvalue weighted by atomic mass is 127. The lowest BCUT2D eigenvalue weighted by Gasteiger charge is -2.13. The van der Waals surface area contributed by atoms with Crippen LogP contribution in [0.5, 0.6) is 0 Å². The second kappa shape index (κ2) is 11.5. The van der Waals surface area contributed by atoms with Crippen LogP contribution in [0, 0.1) is 17.1 Å². The predicted molar refractivity (Wildman–Crippen MR) is 114 cm³/mol. The van der Waals surface area contributed by atoms with Gasteiger partial charge in [-0.05, 0) is 36.6 Å². The van der Waals surface area contributed by atoms with Gasteiger partial charge in [-0.1, -0.05) is 37.3 Å². The molecule has 0 unspecified atom stereocenters. The molecule has 0 aliphatic carbocycles. The zero-order chi connectivity index (χ0) is 18.1. The molecule has 0 bridgehead atoms. The Hall–Kier alpha value is -2.14. The predicted octanol–water partition coefficient (Wildman–Crippen LogP) is 4.13. The van der Waals surface area contributed by atoms with Crippen molar-refractivity contribution in [1.82, 2.24) is 10.6 Å². The van der Waals surface area contributed by atoms with Gasteiger partial charge in [0.1, 0.15) is 5.82 Å². The smallest absolute Gasteiger partial charge is 0.191 e. The fourth-order valence-corrected chi connectivity index (χ4v) is 2.50. The molecule has 0 aliphatic heterocycles. The lowest BCUT2D eigenvalue weighted by molar-refractivity contribution is 0.604. The van der Waals surface area contributed by atoms with Crippen molar-refractivity contribution in [3.8, 4) is 6.07 Å². The molecule has 0 spiro atoms. The van der Waals surface area contributed by atoms with Gasteiger partial charge in [0.05, 0.1) is 18.2 Å². The van der Waals surface area contributed by atoms with E-state index in [9.17, 15) is 4.39 Å². The van der Waals surface area contributed by atoms with E-state index >= 15 is 0 Å². The molecule has 6 heteroatoms. The average Bonchev–Trinajstić information content (AvgIpc) is 2.64. The van der Waals surface area contributed by atoms with Crippen LogP contribution in [-0.4, -0.2) is 12.5 Å². The van der Waals surface area contributed by atoms with Gasteiger partial charge in [0.15, 0.2) is 5.96 Å². The molecule has 0 radical (unpaired) electrons. The molecule has 2 aromatic rings. The number of hydrogen-bond donors (Lipinski definition) is 2. The highest BCUT2D eigenvalue weighted by Gasteiger charge is 2.05. The molecule has 2 aromatic carbocycles. The average molecular weight is 466 g/mol. The van der Waals surface area contributed by atoms with Crippen molar-refractivity contribution >= 4 is 29.9 Å². The van der Waals surface area contributed by atoms with Gasteiger partial charge in [-0.2, -0.15) is 5.26 Å². The second-order valence-electron chi connectivity index (χ2n) is 5.59. The Morgan fingerprint density at radius 2 is 1.81 bits per heavy atom. The first kappa shape index (κ1) is 21.9. The van der Waals surface area contributed by atoms with Crippen LogP contribution in [0.2, 0.25) is 0 Å². The van der Waals surface area contributed by atoms with Crippen LogP contribution >= 0.6 is 24.0 Å². The maximum absolute atomic E-state index is 14.0. The summed E-state index contributed by atoms with van der Waals surface area (Å²) in [4.78, 5) is 4.59. The lowest BCUT2D eigenvalue weighted by Crippen LogP contribution is -2.37. The molecular weight excluding hydrogens is 442 g/mol. The molecule has 26 heavy (non-hydrogen) atoms. The van der Waals surface area contributed by atoms with Gasteiger partial charge in [-0.3, -0.25) is 0 Å². The van der Waals surface area contributed by atoms with Crippen molar-refractivity contribution in [3.05, 3.63) is 70.5 Å². The standard InChI is InChI=1S/C20H23FN4.HI/c1-3-16-7-5-6-8-17(16)13-24-20(23-4-2)25-14-18-10-9-15(12-22)11-19(18)21;/h5-11H,3-4,13-14H2,1-2H3,(H2,23,24,25);1H. The number of benzene rings is 2. The fraction of sp³-hybridized carbons (Fsp3) is 0.300. The zero-order valence-electron chi connectivity index (χ0n) is 15.1. The number of aryl methyl sites for hydroxylation is 1. The largest absolute Gasteiger partial charge is 0.357 e. The summed E-state index contributed by atoms with van der Waals surface area (Å²) < 4.78 is 14.0. The molecule has 0 amide bonds.